The predicted octanol–water partition coefficient (Wildman–Crippen LogP) is 5.44. The Morgan fingerprint density at radius 1 is 1.03 bits per heavy atom. The van der Waals surface area contributed by atoms with Gasteiger partial charge in [0.15, 0.2) is 5.13 Å². The van der Waals surface area contributed by atoms with Gasteiger partial charge in [0.05, 0.1) is 37.1 Å². The number of esters is 1. The van der Waals surface area contributed by atoms with E-state index in [4.69, 9.17) is 14.2 Å². The van der Waals surface area contributed by atoms with Gasteiger partial charge < -0.3 is 19.3 Å². The van der Waals surface area contributed by atoms with Gasteiger partial charge in [-0.05, 0) is 69.2 Å². The van der Waals surface area contributed by atoms with Crippen molar-refractivity contribution in [3.63, 3.8) is 0 Å². The smallest absolute Gasteiger partial charge is 0.350 e. The molecular formula is C29H30N2O7S. The topological polar surface area (TPSA) is 115 Å². The first kappa shape index (κ1) is 27.8. The van der Waals surface area contributed by atoms with E-state index in [1.54, 1.807) is 62.4 Å². The molecule has 1 aromatic heterocycles. The van der Waals surface area contributed by atoms with Crippen molar-refractivity contribution in [1.82, 2.24) is 4.98 Å². The van der Waals surface area contributed by atoms with E-state index in [2.05, 4.69) is 4.98 Å². The SMILES string of the molecule is CCCOc1cccc(C2C(=C(O)c3ccc(OCC)cc3)C(=O)C(=O)N2c2nc(C)c(C(=O)OCC)s2)c1. The van der Waals surface area contributed by atoms with E-state index in [0.717, 1.165) is 17.8 Å². The molecule has 39 heavy (non-hydrogen) atoms. The molecule has 1 N–H and O–H groups in total. The molecule has 0 aliphatic carbocycles. The number of nitrogens with zero attached hydrogens (tertiary/aromatic N) is 2. The predicted molar refractivity (Wildman–Crippen MR) is 147 cm³/mol. The number of aromatic nitrogens is 1. The Labute approximate surface area is 230 Å². The molecule has 1 saturated heterocycles. The first-order chi connectivity index (χ1) is 18.8. The summed E-state index contributed by atoms with van der Waals surface area (Å²) in [6, 6.07) is 12.6. The van der Waals surface area contributed by atoms with Crippen molar-refractivity contribution in [2.45, 2.75) is 40.2 Å². The molecule has 0 spiro atoms. The van der Waals surface area contributed by atoms with Crippen LogP contribution in [0, 0.1) is 6.92 Å². The summed E-state index contributed by atoms with van der Waals surface area (Å²) in [5.74, 6) is -1.45. The lowest BCUT2D eigenvalue weighted by atomic mass is 9.95. The number of anilines is 1. The van der Waals surface area contributed by atoms with Crippen molar-refractivity contribution in [2.24, 2.45) is 0 Å². The van der Waals surface area contributed by atoms with Crippen molar-refractivity contribution in [3.8, 4) is 11.5 Å². The zero-order valence-corrected chi connectivity index (χ0v) is 23.0. The van der Waals surface area contributed by atoms with Crippen LogP contribution in [0.3, 0.4) is 0 Å². The molecule has 10 heteroatoms. The molecular weight excluding hydrogens is 520 g/mol. The molecule has 1 atom stereocenters. The number of thiazole rings is 1. The Morgan fingerprint density at radius 3 is 2.44 bits per heavy atom. The number of aliphatic hydroxyl groups excluding tert-OH is 1. The van der Waals surface area contributed by atoms with Crippen molar-refractivity contribution < 1.29 is 33.7 Å². The summed E-state index contributed by atoms with van der Waals surface area (Å²) in [6.45, 7) is 8.34. The quantitative estimate of drug-likeness (QED) is 0.154. The fourth-order valence-electron chi connectivity index (χ4n) is 4.24. The van der Waals surface area contributed by atoms with E-state index >= 15 is 0 Å². The minimum Gasteiger partial charge on any atom is -0.507 e. The summed E-state index contributed by atoms with van der Waals surface area (Å²) in [7, 11) is 0. The van der Waals surface area contributed by atoms with Crippen LogP contribution >= 0.6 is 11.3 Å². The minimum atomic E-state index is -1.01. The van der Waals surface area contributed by atoms with Gasteiger partial charge in [-0.1, -0.05) is 30.4 Å². The van der Waals surface area contributed by atoms with Crippen LogP contribution in [0.1, 0.15) is 59.7 Å². The van der Waals surface area contributed by atoms with Gasteiger partial charge in [-0.15, -0.1) is 0 Å². The van der Waals surface area contributed by atoms with Crippen LogP contribution in [0.2, 0.25) is 0 Å². The highest BCUT2D eigenvalue weighted by Gasteiger charge is 2.48. The van der Waals surface area contributed by atoms with Gasteiger partial charge >= 0.3 is 11.9 Å². The number of ether oxygens (including phenoxy) is 3. The maximum absolute atomic E-state index is 13.5. The molecule has 1 fully saturated rings. The summed E-state index contributed by atoms with van der Waals surface area (Å²) in [6.07, 6.45) is 0.801. The zero-order chi connectivity index (χ0) is 28.1. The molecule has 3 aromatic rings. The third kappa shape index (κ3) is 5.65. The van der Waals surface area contributed by atoms with E-state index < -0.39 is 23.7 Å². The van der Waals surface area contributed by atoms with Gasteiger partial charge in [0.25, 0.3) is 5.78 Å². The number of benzene rings is 2. The molecule has 204 valence electrons. The van der Waals surface area contributed by atoms with Crippen LogP contribution in [0.5, 0.6) is 11.5 Å². The number of aryl methyl sites for hydroxylation is 1. The summed E-state index contributed by atoms with van der Waals surface area (Å²) in [5.41, 5.74) is 1.17. The Morgan fingerprint density at radius 2 is 1.77 bits per heavy atom. The Bertz CT molecular complexity index is 1410. The third-order valence-electron chi connectivity index (χ3n) is 5.98. The van der Waals surface area contributed by atoms with Crippen molar-refractivity contribution in [1.29, 1.82) is 0 Å². The van der Waals surface area contributed by atoms with E-state index in [1.165, 1.54) is 4.90 Å². The van der Waals surface area contributed by atoms with Crippen LogP contribution in [0.4, 0.5) is 5.13 Å². The Kier molecular flexibility index (Phi) is 8.65. The van der Waals surface area contributed by atoms with Gasteiger partial charge in [-0.3, -0.25) is 14.5 Å². The van der Waals surface area contributed by atoms with Crippen LogP contribution in [0.15, 0.2) is 54.1 Å². The molecule has 2 heterocycles. The Balaban J connectivity index is 1.87. The average Bonchev–Trinajstić information content (AvgIpc) is 3.44. The highest BCUT2D eigenvalue weighted by molar-refractivity contribution is 7.17. The van der Waals surface area contributed by atoms with Crippen LogP contribution in [-0.2, 0) is 14.3 Å². The van der Waals surface area contributed by atoms with Crippen molar-refractivity contribution >= 4 is 39.9 Å². The van der Waals surface area contributed by atoms with Crippen molar-refractivity contribution in [3.05, 3.63) is 75.8 Å². The monoisotopic (exact) mass is 550 g/mol. The maximum atomic E-state index is 13.5. The summed E-state index contributed by atoms with van der Waals surface area (Å²) in [4.78, 5) is 45.3. The number of carbonyl (C=O) groups is 3. The lowest BCUT2D eigenvalue weighted by molar-refractivity contribution is -0.132. The molecule has 4 rings (SSSR count). The van der Waals surface area contributed by atoms with Gasteiger partial charge in [-0.2, -0.15) is 0 Å². The van der Waals surface area contributed by atoms with Crippen molar-refractivity contribution in [2.75, 3.05) is 24.7 Å². The fraction of sp³-hybridized carbons (Fsp3) is 0.310. The van der Waals surface area contributed by atoms with Gasteiger partial charge in [-0.25, -0.2) is 9.78 Å². The van der Waals surface area contributed by atoms with Crippen LogP contribution < -0.4 is 14.4 Å². The fourth-order valence-corrected chi connectivity index (χ4v) is 5.23. The second kappa shape index (κ2) is 12.1. The molecule has 0 saturated carbocycles. The maximum Gasteiger partial charge on any atom is 0.350 e. The standard InChI is InChI=1S/C29H30N2O7S/c1-5-15-38-21-10-8-9-19(16-21)23-22(24(32)18-11-13-20(14-12-18)36-6-2)25(33)27(34)31(23)29-30-17(4)26(39-29)28(35)37-7-3/h8-14,16,23,32H,5-7,15H2,1-4H3. The molecule has 0 radical (unpaired) electrons. The second-order valence-electron chi connectivity index (χ2n) is 8.68. The summed E-state index contributed by atoms with van der Waals surface area (Å²) < 4.78 is 16.4. The number of Topliss-reactive ketones (excluding diaryl/α,β-unsaturated/α-hetero) is 1. The van der Waals surface area contributed by atoms with Crippen LogP contribution in [-0.4, -0.2) is 47.6 Å². The third-order valence-corrected chi connectivity index (χ3v) is 7.12. The minimum absolute atomic E-state index is 0.0951. The van der Waals surface area contributed by atoms with Crippen LogP contribution in [0.25, 0.3) is 5.76 Å². The lowest BCUT2D eigenvalue weighted by Gasteiger charge is -2.23. The highest BCUT2D eigenvalue weighted by atomic mass is 32.1. The first-order valence-corrected chi connectivity index (χ1v) is 13.5. The molecule has 1 amide bonds. The van der Waals surface area contributed by atoms with Gasteiger partial charge in [0, 0.05) is 5.56 Å². The summed E-state index contributed by atoms with van der Waals surface area (Å²) in [5, 5.41) is 11.5. The normalized spacial score (nSPS) is 16.4. The molecule has 9 nitrogen and oxygen atoms in total. The number of hydrogen-bond acceptors (Lipinski definition) is 9. The first-order valence-electron chi connectivity index (χ1n) is 12.7. The van der Waals surface area contributed by atoms with E-state index in [0.29, 0.717) is 41.5 Å². The average molecular weight is 551 g/mol. The van der Waals surface area contributed by atoms with E-state index in [1.807, 2.05) is 13.8 Å². The number of rotatable bonds is 10. The lowest BCUT2D eigenvalue weighted by Crippen LogP contribution is -2.29. The number of hydrogen-bond donors (Lipinski definition) is 1. The molecule has 2 aromatic carbocycles. The molecule has 1 aliphatic rings. The Hall–Kier alpha value is -4.18. The van der Waals surface area contributed by atoms with E-state index in [-0.39, 0.29) is 27.9 Å². The largest absolute Gasteiger partial charge is 0.507 e. The zero-order valence-electron chi connectivity index (χ0n) is 22.2. The highest BCUT2D eigenvalue weighted by Crippen LogP contribution is 2.44. The van der Waals surface area contributed by atoms with Gasteiger partial charge in [0.1, 0.15) is 22.1 Å². The van der Waals surface area contributed by atoms with E-state index in [9.17, 15) is 19.5 Å². The van der Waals surface area contributed by atoms with Gasteiger partial charge in [0.2, 0.25) is 0 Å². The number of ketones is 1. The molecule has 1 aliphatic heterocycles. The second-order valence-corrected chi connectivity index (χ2v) is 9.66. The summed E-state index contributed by atoms with van der Waals surface area (Å²) >= 11 is 0.959. The molecule has 0 bridgehead atoms. The number of carbonyl (C=O) groups excluding carboxylic acids is 3. The molecule has 1 unspecified atom stereocenters. The number of amides is 1. The number of aliphatic hydroxyl groups is 1.